The normalized spacial score (nSPS) is 21.6. The van der Waals surface area contributed by atoms with Crippen molar-refractivity contribution < 1.29 is 4.79 Å². The Kier molecular flexibility index (Phi) is 9.22. The van der Waals surface area contributed by atoms with Crippen molar-refractivity contribution in [3.63, 3.8) is 0 Å². The molecule has 6 heteroatoms. The molecule has 2 aliphatic rings. The highest BCUT2D eigenvalue weighted by Crippen LogP contribution is 2.38. The number of nitrogens with zero attached hydrogens (tertiary/aromatic N) is 3. The number of amides is 1. The Morgan fingerprint density at radius 3 is 2.53 bits per heavy atom. The van der Waals surface area contributed by atoms with Gasteiger partial charge in [0, 0.05) is 49.5 Å². The van der Waals surface area contributed by atoms with Crippen LogP contribution in [0.4, 0.5) is 0 Å². The number of imidazole rings is 1. The first-order valence-corrected chi connectivity index (χ1v) is 14.3. The van der Waals surface area contributed by atoms with E-state index in [-0.39, 0.29) is 5.91 Å². The van der Waals surface area contributed by atoms with Crippen LogP contribution in [-0.4, -0.2) is 39.2 Å². The van der Waals surface area contributed by atoms with E-state index < -0.39 is 0 Å². The number of benzene rings is 1. The van der Waals surface area contributed by atoms with Crippen LogP contribution in [0, 0.1) is 11.3 Å². The van der Waals surface area contributed by atoms with E-state index in [0.29, 0.717) is 30.5 Å². The highest BCUT2D eigenvalue weighted by Gasteiger charge is 2.28. The van der Waals surface area contributed by atoms with Crippen molar-refractivity contribution >= 4 is 28.7 Å². The minimum Gasteiger partial charge on any atom is -0.404 e. The van der Waals surface area contributed by atoms with Crippen LogP contribution in [0.15, 0.2) is 24.4 Å². The summed E-state index contributed by atoms with van der Waals surface area (Å²) in [5.74, 6) is 2.69. The molecule has 2 aliphatic carbocycles. The molecule has 2 aromatic rings. The molecule has 1 aromatic carbocycles. The van der Waals surface area contributed by atoms with Crippen molar-refractivity contribution in [3.05, 3.63) is 35.8 Å². The number of nitrogens with one attached hydrogen (secondary N) is 1. The van der Waals surface area contributed by atoms with Crippen LogP contribution in [0.1, 0.15) is 108 Å². The fourth-order valence-electron chi connectivity index (χ4n) is 6.59. The van der Waals surface area contributed by atoms with Crippen molar-refractivity contribution in [1.29, 1.82) is 5.41 Å². The van der Waals surface area contributed by atoms with Gasteiger partial charge in [0.05, 0.1) is 11.0 Å². The third kappa shape index (κ3) is 5.84. The molecule has 1 aromatic heterocycles. The van der Waals surface area contributed by atoms with Crippen LogP contribution in [-0.2, 0) is 11.3 Å². The molecule has 2 fully saturated rings. The summed E-state index contributed by atoms with van der Waals surface area (Å²) >= 11 is 0. The van der Waals surface area contributed by atoms with Crippen LogP contribution >= 0.6 is 0 Å². The molecule has 196 valence electrons. The first-order chi connectivity index (χ1) is 17.6. The number of carbonyl (C=O) groups is 1. The van der Waals surface area contributed by atoms with E-state index in [9.17, 15) is 4.79 Å². The Bertz CT molecular complexity index is 1060. The Morgan fingerprint density at radius 1 is 1.14 bits per heavy atom. The number of aromatic nitrogens is 2. The maximum absolute atomic E-state index is 13.4. The third-order valence-electron chi connectivity index (χ3n) is 8.58. The minimum absolute atomic E-state index is 0.266. The van der Waals surface area contributed by atoms with Crippen molar-refractivity contribution in [3.8, 4) is 0 Å². The molecule has 0 atom stereocenters. The van der Waals surface area contributed by atoms with Gasteiger partial charge in [0.1, 0.15) is 5.82 Å². The Labute approximate surface area is 216 Å². The number of hydrogen-bond donors (Lipinski definition) is 2. The van der Waals surface area contributed by atoms with Gasteiger partial charge in [-0.1, -0.05) is 45.1 Å². The average molecular weight is 492 g/mol. The van der Waals surface area contributed by atoms with Crippen LogP contribution in [0.3, 0.4) is 0 Å². The summed E-state index contributed by atoms with van der Waals surface area (Å²) in [6.07, 6.45) is 16.8. The number of fused-ring (bicyclic) bond motifs is 1. The molecule has 0 saturated heterocycles. The number of hydrogen-bond acceptors (Lipinski definition) is 4. The second kappa shape index (κ2) is 12.6. The molecule has 0 spiro atoms. The average Bonchev–Trinajstić information content (AvgIpc) is 3.28. The summed E-state index contributed by atoms with van der Waals surface area (Å²) in [4.78, 5) is 20.7. The van der Waals surface area contributed by atoms with Gasteiger partial charge >= 0.3 is 0 Å². The number of nitrogens with two attached hydrogens (primary N) is 1. The van der Waals surface area contributed by atoms with Crippen LogP contribution in [0.5, 0.6) is 0 Å². The van der Waals surface area contributed by atoms with E-state index in [1.807, 2.05) is 12.1 Å². The summed E-state index contributed by atoms with van der Waals surface area (Å²) in [6.45, 7) is 5.84. The molecule has 1 amide bonds. The molecule has 0 radical (unpaired) electrons. The first-order valence-electron chi connectivity index (χ1n) is 14.3. The lowest BCUT2D eigenvalue weighted by Gasteiger charge is -2.34. The number of aryl methyl sites for hydroxylation is 1. The molecule has 2 saturated carbocycles. The molecule has 6 nitrogen and oxygen atoms in total. The Hall–Kier alpha value is -2.63. The smallest absolute Gasteiger partial charge is 0.224 e. The molecule has 4 rings (SSSR count). The highest BCUT2D eigenvalue weighted by atomic mass is 16.2. The van der Waals surface area contributed by atoms with E-state index in [2.05, 4.69) is 29.4 Å². The number of allylic oxidation sites excluding steroid dienone is 1. The van der Waals surface area contributed by atoms with Crippen LogP contribution in [0.2, 0.25) is 0 Å². The second-order valence-electron chi connectivity index (χ2n) is 10.8. The van der Waals surface area contributed by atoms with Gasteiger partial charge in [0.15, 0.2) is 0 Å². The predicted octanol–water partition coefficient (Wildman–Crippen LogP) is 6.63. The maximum atomic E-state index is 13.4. The molecular formula is C30H45N5O. The highest BCUT2D eigenvalue weighted by molar-refractivity contribution is 6.09. The zero-order valence-electron chi connectivity index (χ0n) is 22.3. The van der Waals surface area contributed by atoms with Crippen LogP contribution in [0.25, 0.3) is 16.6 Å². The largest absolute Gasteiger partial charge is 0.404 e. The lowest BCUT2D eigenvalue weighted by atomic mass is 9.79. The van der Waals surface area contributed by atoms with E-state index in [1.165, 1.54) is 70.2 Å². The van der Waals surface area contributed by atoms with Gasteiger partial charge in [0.25, 0.3) is 0 Å². The minimum atomic E-state index is 0.266. The summed E-state index contributed by atoms with van der Waals surface area (Å²) in [7, 11) is 0. The topological polar surface area (TPSA) is 88.0 Å². The SMILES string of the molecule is CCC[C@H]1CC[C@H](c2nc3ccc(/C(C=N)=C/N)cc3n2CCC(=O)N(CC)C2CCCCC2)CC1. The lowest BCUT2D eigenvalue weighted by molar-refractivity contribution is -0.134. The fraction of sp³-hybridized carbons (Fsp3) is 0.633. The van der Waals surface area contributed by atoms with Crippen molar-refractivity contribution in [2.24, 2.45) is 11.7 Å². The molecule has 36 heavy (non-hydrogen) atoms. The van der Waals surface area contributed by atoms with E-state index >= 15 is 0 Å². The predicted molar refractivity (Wildman–Crippen MR) is 149 cm³/mol. The molecular weight excluding hydrogens is 446 g/mol. The van der Waals surface area contributed by atoms with Gasteiger partial charge in [-0.05, 0) is 69.1 Å². The maximum Gasteiger partial charge on any atom is 0.224 e. The molecule has 0 aliphatic heterocycles. The van der Waals surface area contributed by atoms with Gasteiger partial charge < -0.3 is 20.6 Å². The van der Waals surface area contributed by atoms with Crippen molar-refractivity contribution in [2.45, 2.75) is 109 Å². The van der Waals surface area contributed by atoms with Gasteiger partial charge in [-0.25, -0.2) is 4.98 Å². The lowest BCUT2D eigenvalue weighted by Crippen LogP contribution is -2.41. The second-order valence-corrected chi connectivity index (χ2v) is 10.8. The zero-order valence-corrected chi connectivity index (χ0v) is 22.3. The molecule has 1 heterocycles. The summed E-state index contributed by atoms with van der Waals surface area (Å²) < 4.78 is 2.31. The number of rotatable bonds is 10. The van der Waals surface area contributed by atoms with E-state index in [1.54, 1.807) is 0 Å². The van der Waals surface area contributed by atoms with Gasteiger partial charge in [-0.15, -0.1) is 0 Å². The third-order valence-corrected chi connectivity index (χ3v) is 8.58. The Morgan fingerprint density at radius 2 is 1.89 bits per heavy atom. The summed E-state index contributed by atoms with van der Waals surface area (Å²) in [5.41, 5.74) is 9.42. The van der Waals surface area contributed by atoms with Crippen molar-refractivity contribution in [2.75, 3.05) is 6.54 Å². The quantitative estimate of drug-likeness (QED) is 0.366. The first kappa shape index (κ1) is 26.4. The summed E-state index contributed by atoms with van der Waals surface area (Å²) in [5, 5.41) is 7.73. The van der Waals surface area contributed by atoms with Gasteiger partial charge in [-0.2, -0.15) is 0 Å². The zero-order chi connectivity index (χ0) is 25.5. The van der Waals surface area contributed by atoms with Crippen molar-refractivity contribution in [1.82, 2.24) is 14.5 Å². The van der Waals surface area contributed by atoms with E-state index in [0.717, 1.165) is 47.7 Å². The monoisotopic (exact) mass is 491 g/mol. The molecule has 0 unspecified atom stereocenters. The van der Waals surface area contributed by atoms with Gasteiger partial charge in [0.2, 0.25) is 5.91 Å². The summed E-state index contributed by atoms with van der Waals surface area (Å²) in [6, 6.07) is 6.54. The van der Waals surface area contributed by atoms with E-state index in [4.69, 9.17) is 16.1 Å². The molecule has 0 bridgehead atoms. The Balaban J connectivity index is 1.61. The number of carbonyl (C=O) groups excluding carboxylic acids is 1. The molecule has 3 N–H and O–H groups in total. The standard InChI is InChI=1S/C30H45N5O/c1-3-8-22-11-13-23(14-12-22)30-33-27-16-15-24(25(20-31)21-32)19-28(27)35(30)18-17-29(36)34(4-2)26-9-6-5-7-10-26/h15-16,19-23,26,31H,3-14,17-18,32H2,1-2H3/b25-21+,31-20?/t22-,23-. The fourth-order valence-corrected chi connectivity index (χ4v) is 6.59. The van der Waals surface area contributed by atoms with Gasteiger partial charge in [-0.3, -0.25) is 4.79 Å². The van der Waals surface area contributed by atoms with Crippen LogP contribution < -0.4 is 5.73 Å².